The third kappa shape index (κ3) is 2.67. The molecule has 3 heteroatoms. The normalized spacial score (nSPS) is 19.8. The Morgan fingerprint density at radius 3 is 2.67 bits per heavy atom. The van der Waals surface area contributed by atoms with E-state index in [0.717, 1.165) is 18.8 Å². The molecule has 0 fully saturated rings. The van der Waals surface area contributed by atoms with Crippen LogP contribution in [0.15, 0.2) is 47.6 Å². The van der Waals surface area contributed by atoms with Crippen molar-refractivity contribution >= 4 is 5.57 Å². The lowest BCUT2D eigenvalue weighted by Crippen LogP contribution is -2.25. The highest BCUT2D eigenvalue weighted by Gasteiger charge is 2.25. The Morgan fingerprint density at radius 2 is 1.90 bits per heavy atom. The summed E-state index contributed by atoms with van der Waals surface area (Å²) in [6.45, 7) is 3.91. The van der Waals surface area contributed by atoms with Crippen molar-refractivity contribution in [1.29, 1.82) is 0 Å². The van der Waals surface area contributed by atoms with Gasteiger partial charge in [0.05, 0.1) is 0 Å². The van der Waals surface area contributed by atoms with Crippen molar-refractivity contribution in [1.82, 2.24) is 10.6 Å². The van der Waals surface area contributed by atoms with Crippen LogP contribution in [0.4, 0.5) is 0 Å². The lowest BCUT2D eigenvalue weighted by Gasteiger charge is -2.30. The van der Waals surface area contributed by atoms with E-state index in [9.17, 15) is 0 Å². The molecular weight excluding hydrogens is 260 g/mol. The van der Waals surface area contributed by atoms with Crippen LogP contribution in [-0.4, -0.2) is 26.7 Å². The summed E-state index contributed by atoms with van der Waals surface area (Å²) < 4.78 is 6.23. The van der Waals surface area contributed by atoms with E-state index in [-0.39, 0.29) is 6.10 Å². The Balaban J connectivity index is 1.97. The average molecular weight is 282 g/mol. The van der Waals surface area contributed by atoms with Crippen molar-refractivity contribution in [2.45, 2.75) is 19.6 Å². The number of ether oxygens (including phenoxy) is 1. The monoisotopic (exact) mass is 282 g/mol. The van der Waals surface area contributed by atoms with Crippen LogP contribution < -0.4 is 15.4 Å². The number of fused-ring (bicyclic) bond motifs is 2. The summed E-state index contributed by atoms with van der Waals surface area (Å²) in [4.78, 5) is 0. The molecule has 1 aliphatic heterocycles. The van der Waals surface area contributed by atoms with Gasteiger partial charge in [-0.2, -0.15) is 0 Å². The fourth-order valence-electron chi connectivity index (χ4n) is 2.97. The smallest absolute Gasteiger partial charge is 0.143 e. The molecule has 1 aromatic carbocycles. The second-order valence-corrected chi connectivity index (χ2v) is 5.58. The number of nitrogens with one attached hydrogen (secondary N) is 2. The summed E-state index contributed by atoms with van der Waals surface area (Å²) >= 11 is 0. The molecule has 0 aromatic heterocycles. The highest BCUT2D eigenvalue weighted by Crippen LogP contribution is 2.38. The van der Waals surface area contributed by atoms with Gasteiger partial charge in [0.1, 0.15) is 11.9 Å². The molecule has 0 bridgehead atoms. The zero-order valence-corrected chi connectivity index (χ0v) is 12.9. The van der Waals surface area contributed by atoms with Gasteiger partial charge in [-0.1, -0.05) is 24.3 Å². The first kappa shape index (κ1) is 14.1. The molecule has 21 heavy (non-hydrogen) atoms. The Labute approximate surface area is 126 Å². The number of hydrogen-bond donors (Lipinski definition) is 2. The number of allylic oxidation sites excluding steroid dienone is 1. The van der Waals surface area contributed by atoms with Gasteiger partial charge in [-0.25, -0.2) is 0 Å². The van der Waals surface area contributed by atoms with E-state index in [1.165, 1.54) is 27.8 Å². The zero-order valence-electron chi connectivity index (χ0n) is 12.9. The third-order valence-corrected chi connectivity index (χ3v) is 4.05. The number of hydrogen-bond acceptors (Lipinski definition) is 3. The SMILES string of the molecule is CNCC1=CC2Oc3cc(CNC)ccc3C(C)=C2C=C1. The first-order valence-electron chi connectivity index (χ1n) is 7.41. The molecular formula is C18H22N2O. The van der Waals surface area contributed by atoms with Crippen LogP contribution in [0.1, 0.15) is 18.1 Å². The van der Waals surface area contributed by atoms with E-state index in [0.29, 0.717) is 0 Å². The first-order chi connectivity index (χ1) is 10.2. The molecule has 0 saturated heterocycles. The van der Waals surface area contributed by atoms with Crippen molar-refractivity contribution in [3.8, 4) is 5.75 Å². The molecule has 110 valence electrons. The van der Waals surface area contributed by atoms with E-state index < -0.39 is 0 Å². The highest BCUT2D eigenvalue weighted by atomic mass is 16.5. The van der Waals surface area contributed by atoms with Crippen LogP contribution in [0.5, 0.6) is 5.75 Å². The van der Waals surface area contributed by atoms with Gasteiger partial charge >= 0.3 is 0 Å². The maximum Gasteiger partial charge on any atom is 0.143 e. The maximum atomic E-state index is 6.23. The molecule has 0 spiro atoms. The molecule has 1 heterocycles. The molecule has 1 aliphatic carbocycles. The largest absolute Gasteiger partial charge is 0.481 e. The van der Waals surface area contributed by atoms with E-state index in [1.807, 2.05) is 14.1 Å². The molecule has 2 aliphatic rings. The maximum absolute atomic E-state index is 6.23. The van der Waals surface area contributed by atoms with Crippen molar-refractivity contribution in [2.75, 3.05) is 20.6 Å². The minimum Gasteiger partial charge on any atom is -0.481 e. The fourth-order valence-corrected chi connectivity index (χ4v) is 2.97. The van der Waals surface area contributed by atoms with E-state index in [4.69, 9.17) is 4.74 Å². The van der Waals surface area contributed by atoms with Crippen LogP contribution in [-0.2, 0) is 6.54 Å². The van der Waals surface area contributed by atoms with Crippen molar-refractivity contribution in [3.63, 3.8) is 0 Å². The van der Waals surface area contributed by atoms with Crippen molar-refractivity contribution in [2.24, 2.45) is 0 Å². The minimum absolute atomic E-state index is 0.0377. The van der Waals surface area contributed by atoms with Crippen molar-refractivity contribution in [3.05, 3.63) is 58.7 Å². The van der Waals surface area contributed by atoms with Gasteiger partial charge in [-0.15, -0.1) is 0 Å². The van der Waals surface area contributed by atoms with Gasteiger partial charge in [-0.05, 0) is 55.4 Å². The summed E-state index contributed by atoms with van der Waals surface area (Å²) in [6, 6.07) is 6.48. The van der Waals surface area contributed by atoms with E-state index >= 15 is 0 Å². The molecule has 3 nitrogen and oxygen atoms in total. The zero-order chi connectivity index (χ0) is 14.8. The minimum atomic E-state index is 0.0377. The average Bonchev–Trinajstić information content (AvgIpc) is 2.48. The summed E-state index contributed by atoms with van der Waals surface area (Å²) in [6.07, 6.45) is 6.62. The van der Waals surface area contributed by atoms with E-state index in [2.05, 4.69) is 54.0 Å². The Hall–Kier alpha value is -1.84. The molecule has 0 saturated carbocycles. The Bertz CT molecular complexity index is 641. The number of likely N-dealkylation sites (N-methyl/N-ethyl adjacent to an activating group) is 1. The Kier molecular flexibility index (Phi) is 3.95. The van der Waals surface area contributed by atoms with Gasteiger partial charge in [0, 0.05) is 18.7 Å². The van der Waals surface area contributed by atoms with Crippen LogP contribution in [0, 0.1) is 0 Å². The molecule has 2 N–H and O–H groups in total. The molecule has 1 unspecified atom stereocenters. The van der Waals surface area contributed by atoms with Crippen LogP contribution in [0.25, 0.3) is 5.57 Å². The molecule has 0 amide bonds. The van der Waals surface area contributed by atoms with Gasteiger partial charge in [0.15, 0.2) is 0 Å². The lowest BCUT2D eigenvalue weighted by atomic mass is 9.89. The quantitative estimate of drug-likeness (QED) is 0.891. The van der Waals surface area contributed by atoms with Gasteiger partial charge < -0.3 is 15.4 Å². The second-order valence-electron chi connectivity index (χ2n) is 5.58. The topological polar surface area (TPSA) is 33.3 Å². The van der Waals surface area contributed by atoms with Gasteiger partial charge in [-0.3, -0.25) is 0 Å². The summed E-state index contributed by atoms with van der Waals surface area (Å²) in [5.41, 5.74) is 6.31. The standard InChI is InChI=1S/C18H22N2O/c1-12-15-6-4-13(10-19-2)8-17(15)21-18-9-14(11-20-3)5-7-16(12)18/h4-9,17,19-20H,10-11H2,1-3H3. The second kappa shape index (κ2) is 5.88. The molecule has 3 rings (SSSR count). The lowest BCUT2D eigenvalue weighted by molar-refractivity contribution is 0.280. The predicted octanol–water partition coefficient (Wildman–Crippen LogP) is 2.66. The summed E-state index contributed by atoms with van der Waals surface area (Å²) in [7, 11) is 3.93. The van der Waals surface area contributed by atoms with Crippen LogP contribution in [0.3, 0.4) is 0 Å². The predicted molar refractivity (Wildman–Crippen MR) is 87.4 cm³/mol. The van der Waals surface area contributed by atoms with Gasteiger partial charge in [0.25, 0.3) is 0 Å². The fraction of sp³-hybridized carbons (Fsp3) is 0.333. The number of benzene rings is 1. The molecule has 1 atom stereocenters. The highest BCUT2D eigenvalue weighted by molar-refractivity contribution is 5.77. The van der Waals surface area contributed by atoms with Gasteiger partial charge in [0.2, 0.25) is 0 Å². The summed E-state index contributed by atoms with van der Waals surface area (Å²) in [5.74, 6) is 0.990. The van der Waals surface area contributed by atoms with Crippen LogP contribution >= 0.6 is 0 Å². The molecule has 1 aromatic rings. The summed E-state index contributed by atoms with van der Waals surface area (Å²) in [5, 5.41) is 6.37. The van der Waals surface area contributed by atoms with E-state index in [1.54, 1.807) is 0 Å². The first-order valence-corrected chi connectivity index (χ1v) is 7.41. The number of rotatable bonds is 4. The molecule has 0 radical (unpaired) electrons. The Morgan fingerprint density at radius 1 is 1.10 bits per heavy atom. The van der Waals surface area contributed by atoms with Crippen molar-refractivity contribution < 1.29 is 4.74 Å². The third-order valence-electron chi connectivity index (χ3n) is 4.05. The van der Waals surface area contributed by atoms with Crippen LogP contribution in [0.2, 0.25) is 0 Å².